The summed E-state index contributed by atoms with van der Waals surface area (Å²) >= 11 is 1.38. The van der Waals surface area contributed by atoms with Crippen molar-refractivity contribution in [3.8, 4) is 0 Å². The zero-order chi connectivity index (χ0) is 12.7. The lowest BCUT2D eigenvalue weighted by Gasteiger charge is -2.34. The summed E-state index contributed by atoms with van der Waals surface area (Å²) in [5, 5.41) is 1.84. The van der Waals surface area contributed by atoms with E-state index in [1.165, 1.54) is 11.3 Å². The number of sulfone groups is 1. The van der Waals surface area contributed by atoms with Gasteiger partial charge in [-0.15, -0.1) is 11.3 Å². The number of hydrogen-bond acceptors (Lipinski definition) is 4. The molecule has 1 aromatic rings. The van der Waals surface area contributed by atoms with Crippen LogP contribution in [-0.2, 0) is 9.84 Å². The van der Waals surface area contributed by atoms with E-state index < -0.39 is 15.4 Å². The molecule has 4 nitrogen and oxygen atoms in total. The number of amides is 1. The molecule has 0 unspecified atom stereocenters. The second kappa shape index (κ2) is 4.10. The van der Waals surface area contributed by atoms with Crippen LogP contribution in [0.3, 0.4) is 0 Å². The first-order chi connectivity index (χ1) is 7.84. The fraction of sp³-hybridized carbons (Fsp3) is 0.545. The molecule has 1 saturated heterocycles. The van der Waals surface area contributed by atoms with Crippen LogP contribution in [0.1, 0.15) is 23.0 Å². The molecule has 0 radical (unpaired) electrons. The van der Waals surface area contributed by atoms with Gasteiger partial charge in [0.1, 0.15) is 0 Å². The van der Waals surface area contributed by atoms with Gasteiger partial charge in [-0.2, -0.15) is 0 Å². The maximum atomic E-state index is 12.2. The lowest BCUT2D eigenvalue weighted by molar-refractivity contribution is 0.0643. The molecule has 2 heterocycles. The third kappa shape index (κ3) is 2.37. The average Bonchev–Trinajstić information content (AvgIpc) is 2.85. The Balaban J connectivity index is 2.21. The maximum absolute atomic E-state index is 12.2. The molecular formula is C11H15NO3S2. The van der Waals surface area contributed by atoms with E-state index >= 15 is 0 Å². The zero-order valence-electron chi connectivity index (χ0n) is 9.84. The van der Waals surface area contributed by atoms with Crippen LogP contribution in [0.25, 0.3) is 0 Å². The molecule has 1 aliphatic heterocycles. The largest absolute Gasteiger partial charge is 0.335 e. The summed E-state index contributed by atoms with van der Waals surface area (Å²) in [5.74, 6) is 0.138. The topological polar surface area (TPSA) is 54.5 Å². The van der Waals surface area contributed by atoms with E-state index in [9.17, 15) is 13.2 Å². The van der Waals surface area contributed by atoms with Crippen molar-refractivity contribution < 1.29 is 13.2 Å². The summed E-state index contributed by atoms with van der Waals surface area (Å²) < 4.78 is 23.0. The van der Waals surface area contributed by atoms with Crippen molar-refractivity contribution in [2.45, 2.75) is 18.9 Å². The summed E-state index contributed by atoms with van der Waals surface area (Å²) in [6.07, 6.45) is 0.517. The molecule has 0 spiro atoms. The van der Waals surface area contributed by atoms with Crippen LogP contribution in [-0.4, -0.2) is 43.3 Å². The average molecular weight is 273 g/mol. The molecule has 1 fully saturated rings. The summed E-state index contributed by atoms with van der Waals surface area (Å²) in [4.78, 5) is 14.4. The monoisotopic (exact) mass is 273 g/mol. The lowest BCUT2D eigenvalue weighted by atomic mass is 10.00. The number of nitrogens with zero attached hydrogens (tertiary/aromatic N) is 1. The molecule has 0 aromatic carbocycles. The molecule has 1 amide bonds. The summed E-state index contributed by atoms with van der Waals surface area (Å²) in [5.41, 5.74) is -0.570. The first-order valence-corrected chi connectivity index (χ1v) is 8.06. The Labute approximate surface area is 105 Å². The fourth-order valence-corrected chi connectivity index (χ4v) is 4.95. The minimum absolute atomic E-state index is 0.0631. The molecule has 0 bridgehead atoms. The molecule has 0 saturated carbocycles. The predicted molar refractivity (Wildman–Crippen MR) is 68.1 cm³/mol. The van der Waals surface area contributed by atoms with Gasteiger partial charge >= 0.3 is 0 Å². The van der Waals surface area contributed by atoms with Crippen LogP contribution in [0.5, 0.6) is 0 Å². The Morgan fingerprint density at radius 1 is 1.53 bits per heavy atom. The van der Waals surface area contributed by atoms with Gasteiger partial charge in [0.05, 0.1) is 21.9 Å². The molecule has 0 aliphatic carbocycles. The third-order valence-electron chi connectivity index (χ3n) is 3.33. The van der Waals surface area contributed by atoms with Crippen LogP contribution in [0, 0.1) is 0 Å². The van der Waals surface area contributed by atoms with Crippen molar-refractivity contribution in [3.63, 3.8) is 0 Å². The highest BCUT2D eigenvalue weighted by molar-refractivity contribution is 7.91. The van der Waals surface area contributed by atoms with Gasteiger partial charge in [-0.05, 0) is 24.8 Å². The van der Waals surface area contributed by atoms with Crippen LogP contribution in [0.2, 0.25) is 0 Å². The van der Waals surface area contributed by atoms with Crippen LogP contribution < -0.4 is 0 Å². The molecule has 1 aliphatic rings. The number of thiophene rings is 1. The van der Waals surface area contributed by atoms with Gasteiger partial charge in [-0.25, -0.2) is 8.42 Å². The third-order valence-corrected chi connectivity index (χ3v) is 6.07. The molecule has 1 aromatic heterocycles. The van der Waals surface area contributed by atoms with E-state index in [1.807, 2.05) is 18.4 Å². The van der Waals surface area contributed by atoms with Crippen molar-refractivity contribution in [1.82, 2.24) is 4.90 Å². The molecule has 1 atom stereocenters. The molecule has 94 valence electrons. The number of carbonyl (C=O) groups excluding carboxylic acids is 1. The Hall–Kier alpha value is -0.880. The van der Waals surface area contributed by atoms with E-state index in [2.05, 4.69) is 0 Å². The SMILES string of the molecule is CN(C(=O)c1cccs1)[C@]1(C)CCS(=O)(=O)C1. The van der Waals surface area contributed by atoms with Gasteiger partial charge in [0.15, 0.2) is 9.84 Å². The highest BCUT2D eigenvalue weighted by atomic mass is 32.2. The van der Waals surface area contributed by atoms with Crippen molar-refractivity contribution in [2.24, 2.45) is 0 Å². The van der Waals surface area contributed by atoms with E-state index in [0.717, 1.165) is 0 Å². The first-order valence-electron chi connectivity index (χ1n) is 5.36. The van der Waals surface area contributed by atoms with Gasteiger partial charge in [0.2, 0.25) is 0 Å². The van der Waals surface area contributed by atoms with E-state index in [0.29, 0.717) is 11.3 Å². The number of carbonyl (C=O) groups is 1. The highest BCUT2D eigenvalue weighted by Crippen LogP contribution is 2.30. The quantitative estimate of drug-likeness (QED) is 0.818. The van der Waals surface area contributed by atoms with Crippen molar-refractivity contribution in [1.29, 1.82) is 0 Å². The normalized spacial score (nSPS) is 26.9. The second-order valence-electron chi connectivity index (χ2n) is 4.68. The lowest BCUT2D eigenvalue weighted by Crippen LogP contribution is -2.48. The van der Waals surface area contributed by atoms with Crippen molar-refractivity contribution in [3.05, 3.63) is 22.4 Å². The van der Waals surface area contributed by atoms with Crippen LogP contribution >= 0.6 is 11.3 Å². The van der Waals surface area contributed by atoms with E-state index in [1.54, 1.807) is 18.0 Å². The summed E-state index contributed by atoms with van der Waals surface area (Å²) in [6.45, 7) is 1.84. The standard InChI is InChI=1S/C11H15NO3S2/c1-11(5-7-17(14,15)8-11)12(2)10(13)9-4-3-6-16-9/h3-4,6H,5,7-8H2,1-2H3/t11-/m1/s1. The second-order valence-corrected chi connectivity index (χ2v) is 7.81. The highest BCUT2D eigenvalue weighted by Gasteiger charge is 2.43. The van der Waals surface area contributed by atoms with Crippen LogP contribution in [0.4, 0.5) is 0 Å². The molecule has 17 heavy (non-hydrogen) atoms. The molecular weight excluding hydrogens is 258 g/mol. The van der Waals surface area contributed by atoms with Crippen molar-refractivity contribution in [2.75, 3.05) is 18.6 Å². The van der Waals surface area contributed by atoms with E-state index in [4.69, 9.17) is 0 Å². The minimum atomic E-state index is -2.99. The van der Waals surface area contributed by atoms with Gasteiger partial charge in [-0.3, -0.25) is 4.79 Å². The minimum Gasteiger partial charge on any atom is -0.335 e. The fourth-order valence-electron chi connectivity index (χ4n) is 2.07. The van der Waals surface area contributed by atoms with E-state index in [-0.39, 0.29) is 17.4 Å². The Bertz CT molecular complexity index is 521. The van der Waals surface area contributed by atoms with Crippen LogP contribution in [0.15, 0.2) is 17.5 Å². The molecule has 0 N–H and O–H groups in total. The molecule has 6 heteroatoms. The summed E-state index contributed by atoms with van der Waals surface area (Å²) in [6, 6.07) is 3.58. The van der Waals surface area contributed by atoms with Gasteiger partial charge < -0.3 is 4.90 Å². The number of rotatable bonds is 2. The first kappa shape index (κ1) is 12.6. The van der Waals surface area contributed by atoms with Gasteiger partial charge in [0.25, 0.3) is 5.91 Å². The predicted octanol–water partition coefficient (Wildman–Crippen LogP) is 1.40. The zero-order valence-corrected chi connectivity index (χ0v) is 11.5. The maximum Gasteiger partial charge on any atom is 0.264 e. The van der Waals surface area contributed by atoms with Crippen molar-refractivity contribution >= 4 is 27.1 Å². The number of hydrogen-bond donors (Lipinski definition) is 0. The Kier molecular flexibility index (Phi) is 3.03. The van der Waals surface area contributed by atoms with Gasteiger partial charge in [-0.1, -0.05) is 6.07 Å². The Morgan fingerprint density at radius 2 is 2.24 bits per heavy atom. The smallest absolute Gasteiger partial charge is 0.264 e. The summed E-state index contributed by atoms with van der Waals surface area (Å²) in [7, 11) is -1.31. The molecule has 2 rings (SSSR count). The van der Waals surface area contributed by atoms with Gasteiger partial charge in [0, 0.05) is 7.05 Å². The Morgan fingerprint density at radius 3 is 2.71 bits per heavy atom.